The molecule has 2 rings (SSSR count). The molecule has 1 amide bonds. The van der Waals surface area contributed by atoms with Crippen LogP contribution < -0.4 is 10.2 Å². The number of carbonyl (C=O) groups excluding carboxylic acids is 1. The SMILES string of the molecule is CN(C(=O)C1CCNCC1)c1cc(F)ccc1F. The zero-order chi connectivity index (χ0) is 13.1. The number of hydrogen-bond donors (Lipinski definition) is 1. The Labute approximate surface area is 105 Å². The summed E-state index contributed by atoms with van der Waals surface area (Å²) in [6.45, 7) is 1.58. The molecule has 0 saturated carbocycles. The summed E-state index contributed by atoms with van der Waals surface area (Å²) in [5.74, 6) is -1.39. The molecule has 0 spiro atoms. The third-order valence-electron chi connectivity index (χ3n) is 3.29. The summed E-state index contributed by atoms with van der Waals surface area (Å²) >= 11 is 0. The molecule has 1 heterocycles. The summed E-state index contributed by atoms with van der Waals surface area (Å²) in [4.78, 5) is 13.4. The number of nitrogens with one attached hydrogen (secondary N) is 1. The standard InChI is InChI=1S/C13H16F2N2O/c1-17(12-8-10(14)2-3-11(12)15)13(18)9-4-6-16-7-5-9/h2-3,8-9,16H,4-7H2,1H3. The van der Waals surface area contributed by atoms with Crippen molar-refractivity contribution in [2.45, 2.75) is 12.8 Å². The molecule has 0 bridgehead atoms. The molecule has 5 heteroatoms. The van der Waals surface area contributed by atoms with E-state index >= 15 is 0 Å². The average molecular weight is 254 g/mol. The van der Waals surface area contributed by atoms with Crippen molar-refractivity contribution in [1.29, 1.82) is 0 Å². The molecule has 3 nitrogen and oxygen atoms in total. The molecule has 98 valence electrons. The molecule has 1 aromatic rings. The minimum atomic E-state index is -0.582. The first-order valence-electron chi connectivity index (χ1n) is 6.03. The Morgan fingerprint density at radius 3 is 2.67 bits per heavy atom. The van der Waals surface area contributed by atoms with Gasteiger partial charge in [-0.25, -0.2) is 8.78 Å². The van der Waals surface area contributed by atoms with Crippen LogP contribution >= 0.6 is 0 Å². The van der Waals surface area contributed by atoms with Gasteiger partial charge in [0.2, 0.25) is 5.91 Å². The summed E-state index contributed by atoms with van der Waals surface area (Å²) in [6, 6.07) is 3.13. The van der Waals surface area contributed by atoms with Crippen molar-refractivity contribution in [1.82, 2.24) is 5.32 Å². The Morgan fingerprint density at radius 2 is 2.00 bits per heavy atom. The highest BCUT2D eigenvalue weighted by Crippen LogP contribution is 2.23. The van der Waals surface area contributed by atoms with Gasteiger partial charge in [-0.15, -0.1) is 0 Å². The molecule has 1 N–H and O–H groups in total. The highest BCUT2D eigenvalue weighted by atomic mass is 19.1. The van der Waals surface area contributed by atoms with Gasteiger partial charge in [-0.05, 0) is 38.1 Å². The summed E-state index contributed by atoms with van der Waals surface area (Å²) in [5, 5.41) is 3.16. The van der Waals surface area contributed by atoms with Crippen LogP contribution in [0.1, 0.15) is 12.8 Å². The Bertz CT molecular complexity index is 445. The minimum absolute atomic E-state index is 0.00136. The second-order valence-corrected chi connectivity index (χ2v) is 4.52. The first kappa shape index (κ1) is 13.0. The molecular formula is C13H16F2N2O. The van der Waals surface area contributed by atoms with Crippen LogP contribution in [0.5, 0.6) is 0 Å². The van der Waals surface area contributed by atoms with Crippen molar-refractivity contribution in [3.63, 3.8) is 0 Å². The molecule has 0 atom stereocenters. The molecule has 0 unspecified atom stereocenters. The first-order valence-corrected chi connectivity index (χ1v) is 6.03. The number of amides is 1. The average Bonchev–Trinajstić information content (AvgIpc) is 2.41. The lowest BCUT2D eigenvalue weighted by Crippen LogP contribution is -2.39. The molecule has 1 aliphatic rings. The number of halogens is 2. The lowest BCUT2D eigenvalue weighted by atomic mass is 9.96. The molecule has 0 aliphatic carbocycles. The largest absolute Gasteiger partial charge is 0.317 e. The van der Waals surface area contributed by atoms with Crippen LogP contribution in [0.2, 0.25) is 0 Å². The predicted molar refractivity (Wildman–Crippen MR) is 65.4 cm³/mol. The molecule has 18 heavy (non-hydrogen) atoms. The fourth-order valence-corrected chi connectivity index (χ4v) is 2.20. The lowest BCUT2D eigenvalue weighted by Gasteiger charge is -2.27. The molecule has 1 aliphatic heterocycles. The van der Waals surface area contributed by atoms with E-state index in [1.807, 2.05) is 0 Å². The van der Waals surface area contributed by atoms with Crippen LogP contribution in [-0.4, -0.2) is 26.0 Å². The predicted octanol–water partition coefficient (Wildman–Crippen LogP) is 1.93. The van der Waals surface area contributed by atoms with Crippen molar-refractivity contribution in [2.24, 2.45) is 5.92 Å². The second kappa shape index (κ2) is 5.44. The van der Waals surface area contributed by atoms with Crippen LogP contribution in [0.25, 0.3) is 0 Å². The van der Waals surface area contributed by atoms with Gasteiger partial charge in [0.25, 0.3) is 0 Å². The van der Waals surface area contributed by atoms with Gasteiger partial charge in [-0.1, -0.05) is 0 Å². The molecule has 1 aromatic carbocycles. The smallest absolute Gasteiger partial charge is 0.230 e. The quantitative estimate of drug-likeness (QED) is 0.874. The number of carbonyl (C=O) groups is 1. The number of benzene rings is 1. The van der Waals surface area contributed by atoms with E-state index in [4.69, 9.17) is 0 Å². The number of rotatable bonds is 2. The third kappa shape index (κ3) is 2.67. The van der Waals surface area contributed by atoms with E-state index in [0.717, 1.165) is 44.1 Å². The number of piperidine rings is 1. The molecule has 1 saturated heterocycles. The van der Waals surface area contributed by atoms with E-state index in [1.165, 1.54) is 11.9 Å². The Balaban J connectivity index is 2.16. The summed E-state index contributed by atoms with van der Waals surface area (Å²) in [7, 11) is 1.49. The van der Waals surface area contributed by atoms with E-state index in [2.05, 4.69) is 5.32 Å². The van der Waals surface area contributed by atoms with E-state index in [0.29, 0.717) is 0 Å². The van der Waals surface area contributed by atoms with E-state index in [1.54, 1.807) is 0 Å². The maximum Gasteiger partial charge on any atom is 0.230 e. The van der Waals surface area contributed by atoms with Crippen molar-refractivity contribution in [2.75, 3.05) is 25.0 Å². The van der Waals surface area contributed by atoms with Crippen molar-refractivity contribution in [3.05, 3.63) is 29.8 Å². The fourth-order valence-electron chi connectivity index (χ4n) is 2.20. The maximum absolute atomic E-state index is 13.6. The summed E-state index contributed by atoms with van der Waals surface area (Å²) in [5.41, 5.74) is -0.00136. The van der Waals surface area contributed by atoms with Gasteiger partial charge in [0.05, 0.1) is 5.69 Å². The number of anilines is 1. The maximum atomic E-state index is 13.6. The number of nitrogens with zero attached hydrogens (tertiary/aromatic N) is 1. The highest BCUT2D eigenvalue weighted by Gasteiger charge is 2.26. The monoisotopic (exact) mass is 254 g/mol. The zero-order valence-corrected chi connectivity index (χ0v) is 10.2. The van der Waals surface area contributed by atoms with E-state index < -0.39 is 11.6 Å². The van der Waals surface area contributed by atoms with Gasteiger partial charge in [0.1, 0.15) is 11.6 Å². The van der Waals surface area contributed by atoms with E-state index in [9.17, 15) is 13.6 Å². The third-order valence-corrected chi connectivity index (χ3v) is 3.29. The molecule has 1 fully saturated rings. The first-order chi connectivity index (χ1) is 8.59. The topological polar surface area (TPSA) is 32.3 Å². The second-order valence-electron chi connectivity index (χ2n) is 4.52. The van der Waals surface area contributed by atoms with Gasteiger partial charge in [0.15, 0.2) is 0 Å². The molecule has 0 aromatic heterocycles. The van der Waals surface area contributed by atoms with Crippen molar-refractivity contribution < 1.29 is 13.6 Å². The lowest BCUT2D eigenvalue weighted by molar-refractivity contribution is -0.122. The van der Waals surface area contributed by atoms with Gasteiger partial charge < -0.3 is 10.2 Å². The van der Waals surface area contributed by atoms with Crippen LogP contribution in [0.4, 0.5) is 14.5 Å². The minimum Gasteiger partial charge on any atom is -0.317 e. The van der Waals surface area contributed by atoms with Gasteiger partial charge >= 0.3 is 0 Å². The fraction of sp³-hybridized carbons (Fsp3) is 0.462. The Hall–Kier alpha value is -1.49. The normalized spacial score (nSPS) is 16.6. The van der Waals surface area contributed by atoms with Gasteiger partial charge in [-0.2, -0.15) is 0 Å². The molecule has 0 radical (unpaired) electrons. The van der Waals surface area contributed by atoms with Gasteiger partial charge in [0, 0.05) is 19.0 Å². The van der Waals surface area contributed by atoms with Crippen LogP contribution in [-0.2, 0) is 4.79 Å². The van der Waals surface area contributed by atoms with Crippen LogP contribution in [0.3, 0.4) is 0 Å². The van der Waals surface area contributed by atoms with Crippen molar-refractivity contribution in [3.8, 4) is 0 Å². The summed E-state index contributed by atoms with van der Waals surface area (Å²) < 4.78 is 26.7. The van der Waals surface area contributed by atoms with Crippen molar-refractivity contribution >= 4 is 11.6 Å². The Kier molecular flexibility index (Phi) is 3.91. The number of hydrogen-bond acceptors (Lipinski definition) is 2. The Morgan fingerprint density at radius 1 is 1.33 bits per heavy atom. The van der Waals surface area contributed by atoms with Crippen LogP contribution in [0.15, 0.2) is 18.2 Å². The van der Waals surface area contributed by atoms with Gasteiger partial charge in [-0.3, -0.25) is 4.79 Å². The zero-order valence-electron chi connectivity index (χ0n) is 10.2. The van der Waals surface area contributed by atoms with E-state index in [-0.39, 0.29) is 17.5 Å². The van der Waals surface area contributed by atoms with Crippen LogP contribution in [0, 0.1) is 17.6 Å². The summed E-state index contributed by atoms with van der Waals surface area (Å²) in [6.07, 6.45) is 1.47. The molecular weight excluding hydrogens is 238 g/mol. The highest BCUT2D eigenvalue weighted by molar-refractivity contribution is 5.94.